The van der Waals surface area contributed by atoms with Crippen LogP contribution in [-0.4, -0.2) is 47.4 Å². The minimum absolute atomic E-state index is 0.0695. The summed E-state index contributed by atoms with van der Waals surface area (Å²) in [5, 5.41) is 14.3. The molecular weight excluding hydrogens is 332 g/mol. The van der Waals surface area contributed by atoms with E-state index in [-0.39, 0.29) is 24.2 Å². The first-order valence-corrected chi connectivity index (χ1v) is 8.27. The van der Waals surface area contributed by atoms with Crippen molar-refractivity contribution in [2.45, 2.75) is 36.0 Å². The summed E-state index contributed by atoms with van der Waals surface area (Å²) in [7, 11) is 1.44. The third-order valence-corrected chi connectivity index (χ3v) is 4.77. The van der Waals surface area contributed by atoms with Crippen LogP contribution in [0.25, 0.3) is 0 Å². The molecule has 1 aliphatic rings. The molecule has 7 nitrogen and oxygen atoms in total. The number of fused-ring (bicyclic) bond motifs is 1. The van der Waals surface area contributed by atoms with Gasteiger partial charge in [-0.05, 0) is 32.0 Å². The van der Waals surface area contributed by atoms with Gasteiger partial charge in [0.05, 0.1) is 29.5 Å². The Morgan fingerprint density at radius 2 is 2.17 bits per heavy atom. The summed E-state index contributed by atoms with van der Waals surface area (Å²) >= 11 is 1.43. The molecule has 1 heterocycles. The predicted molar refractivity (Wildman–Crippen MR) is 90.4 cm³/mol. The molecule has 0 saturated carbocycles. The minimum atomic E-state index is -1.03. The molecular formula is C16H20N2O5S. The van der Waals surface area contributed by atoms with E-state index in [0.29, 0.717) is 11.3 Å². The summed E-state index contributed by atoms with van der Waals surface area (Å²) < 4.78 is 5.02. The first-order valence-electron chi connectivity index (χ1n) is 7.39. The number of benzene rings is 1. The highest BCUT2D eigenvalue weighted by Gasteiger charge is 2.30. The van der Waals surface area contributed by atoms with Crippen LogP contribution in [0.15, 0.2) is 23.1 Å². The monoisotopic (exact) mass is 352 g/mol. The Morgan fingerprint density at radius 3 is 2.79 bits per heavy atom. The van der Waals surface area contributed by atoms with Crippen LogP contribution in [0.4, 0.5) is 5.69 Å². The molecule has 0 saturated heterocycles. The van der Waals surface area contributed by atoms with Crippen molar-refractivity contribution in [3.05, 3.63) is 23.8 Å². The average Bonchev–Trinajstić information content (AvgIpc) is 2.47. The van der Waals surface area contributed by atoms with E-state index in [9.17, 15) is 14.4 Å². The Kier molecular flexibility index (Phi) is 5.51. The van der Waals surface area contributed by atoms with Crippen LogP contribution in [0.3, 0.4) is 0 Å². The average molecular weight is 352 g/mol. The zero-order valence-corrected chi connectivity index (χ0v) is 14.5. The third kappa shape index (κ3) is 4.27. The molecule has 0 fully saturated rings. The van der Waals surface area contributed by atoms with Gasteiger partial charge in [0.15, 0.2) is 0 Å². The maximum absolute atomic E-state index is 12.5. The number of nitrogens with one attached hydrogen (secondary N) is 2. The third-order valence-electron chi connectivity index (χ3n) is 3.59. The number of thioether (sulfide) groups is 1. The van der Waals surface area contributed by atoms with E-state index in [1.807, 2.05) is 6.92 Å². The van der Waals surface area contributed by atoms with E-state index < -0.39 is 17.4 Å². The molecule has 2 amide bonds. The molecule has 0 bridgehead atoms. The molecule has 130 valence electrons. The molecule has 2 atom stereocenters. The van der Waals surface area contributed by atoms with Crippen molar-refractivity contribution >= 4 is 35.2 Å². The highest BCUT2D eigenvalue weighted by Crippen LogP contribution is 2.36. The van der Waals surface area contributed by atoms with Gasteiger partial charge >= 0.3 is 5.97 Å². The lowest BCUT2D eigenvalue weighted by atomic mass is 9.98. The van der Waals surface area contributed by atoms with E-state index >= 15 is 0 Å². The second kappa shape index (κ2) is 7.23. The number of amides is 2. The van der Waals surface area contributed by atoms with Gasteiger partial charge in [0.1, 0.15) is 0 Å². The second-order valence-electron chi connectivity index (χ2n) is 5.98. The van der Waals surface area contributed by atoms with Crippen molar-refractivity contribution in [3.8, 4) is 0 Å². The Hall–Kier alpha value is -2.06. The fourth-order valence-corrected chi connectivity index (χ4v) is 3.41. The van der Waals surface area contributed by atoms with Gasteiger partial charge in [0, 0.05) is 17.6 Å². The van der Waals surface area contributed by atoms with Crippen LogP contribution in [0.5, 0.6) is 0 Å². The van der Waals surface area contributed by atoms with Crippen LogP contribution in [0.1, 0.15) is 30.6 Å². The molecule has 2 rings (SSSR count). The van der Waals surface area contributed by atoms with Crippen LogP contribution in [0.2, 0.25) is 0 Å². The van der Waals surface area contributed by atoms with E-state index in [0.717, 1.165) is 4.90 Å². The summed E-state index contributed by atoms with van der Waals surface area (Å²) in [6.45, 7) is 3.49. The first-order chi connectivity index (χ1) is 11.2. The second-order valence-corrected chi connectivity index (χ2v) is 7.36. The smallest absolute Gasteiger partial charge is 0.305 e. The molecule has 0 aromatic heterocycles. The van der Waals surface area contributed by atoms with Crippen molar-refractivity contribution in [1.29, 1.82) is 0 Å². The standard InChI is InChI=1S/C16H20N2O5S/c1-9-14(21)17-11-6-10(4-5-12(11)24-9)15(22)18-16(2,8-23-3)7-13(19)20/h4-6,9H,7-8H2,1-3H3,(H,17,21)(H,18,22)(H,19,20). The number of carboxylic acid groups (broad SMARTS) is 1. The lowest BCUT2D eigenvalue weighted by molar-refractivity contribution is -0.139. The number of anilines is 1. The fourth-order valence-electron chi connectivity index (χ4n) is 2.48. The number of hydrogen-bond donors (Lipinski definition) is 3. The number of hydrogen-bond acceptors (Lipinski definition) is 5. The van der Waals surface area contributed by atoms with Crippen LogP contribution < -0.4 is 10.6 Å². The lowest BCUT2D eigenvalue weighted by Crippen LogP contribution is -2.50. The summed E-state index contributed by atoms with van der Waals surface area (Å²) in [4.78, 5) is 36.1. The van der Waals surface area contributed by atoms with Crippen LogP contribution >= 0.6 is 11.8 Å². The molecule has 8 heteroatoms. The Labute approximate surface area is 144 Å². The summed E-state index contributed by atoms with van der Waals surface area (Å²) in [6, 6.07) is 5.02. The Balaban J connectivity index is 2.19. The van der Waals surface area contributed by atoms with Crippen LogP contribution in [-0.2, 0) is 14.3 Å². The number of methoxy groups -OCH3 is 1. The molecule has 0 radical (unpaired) electrons. The van der Waals surface area contributed by atoms with Crippen molar-refractivity contribution < 1.29 is 24.2 Å². The number of carbonyl (C=O) groups excluding carboxylic acids is 2. The SMILES string of the molecule is COCC(C)(CC(=O)O)NC(=O)c1ccc2c(c1)NC(=O)C(C)S2. The summed E-state index contributed by atoms with van der Waals surface area (Å²) in [5.74, 6) is -1.56. The molecule has 1 aromatic carbocycles. The molecule has 0 aliphatic carbocycles. The van der Waals surface area contributed by atoms with Gasteiger partial charge < -0.3 is 20.5 Å². The van der Waals surface area contributed by atoms with Crippen molar-refractivity contribution in [2.75, 3.05) is 19.0 Å². The largest absolute Gasteiger partial charge is 0.481 e. The van der Waals surface area contributed by atoms with Crippen molar-refractivity contribution in [1.82, 2.24) is 5.32 Å². The predicted octanol–water partition coefficient (Wildman–Crippen LogP) is 1.73. The molecule has 2 unspecified atom stereocenters. The zero-order chi connectivity index (χ0) is 17.9. The lowest BCUT2D eigenvalue weighted by Gasteiger charge is -2.29. The number of rotatable bonds is 6. The fraction of sp³-hybridized carbons (Fsp3) is 0.438. The minimum Gasteiger partial charge on any atom is -0.481 e. The first kappa shape index (κ1) is 18.3. The maximum Gasteiger partial charge on any atom is 0.305 e. The summed E-state index contributed by atoms with van der Waals surface area (Å²) in [6.07, 6.45) is -0.262. The Morgan fingerprint density at radius 1 is 1.46 bits per heavy atom. The number of aliphatic carboxylic acids is 1. The van der Waals surface area contributed by atoms with Gasteiger partial charge in [-0.25, -0.2) is 0 Å². The molecule has 0 spiro atoms. The van der Waals surface area contributed by atoms with E-state index in [1.165, 1.54) is 18.9 Å². The van der Waals surface area contributed by atoms with Crippen molar-refractivity contribution in [2.24, 2.45) is 0 Å². The van der Waals surface area contributed by atoms with Crippen molar-refractivity contribution in [3.63, 3.8) is 0 Å². The summed E-state index contributed by atoms with van der Waals surface area (Å²) in [5.41, 5.74) is -0.0977. The number of ether oxygens (including phenoxy) is 1. The molecule has 1 aromatic rings. The number of carboxylic acids is 1. The normalized spacial score (nSPS) is 19.0. The van der Waals surface area contributed by atoms with Gasteiger partial charge in [0.2, 0.25) is 5.91 Å². The van der Waals surface area contributed by atoms with Gasteiger partial charge in [-0.1, -0.05) is 0 Å². The number of carbonyl (C=O) groups is 3. The quantitative estimate of drug-likeness (QED) is 0.720. The van der Waals surface area contributed by atoms with Gasteiger partial charge in [-0.3, -0.25) is 14.4 Å². The van der Waals surface area contributed by atoms with E-state index in [4.69, 9.17) is 9.84 Å². The highest BCUT2D eigenvalue weighted by atomic mass is 32.2. The van der Waals surface area contributed by atoms with Crippen LogP contribution in [0, 0.1) is 0 Å². The highest BCUT2D eigenvalue weighted by molar-refractivity contribution is 8.00. The van der Waals surface area contributed by atoms with E-state index in [2.05, 4.69) is 10.6 Å². The zero-order valence-electron chi connectivity index (χ0n) is 13.7. The Bertz CT molecular complexity index is 678. The molecule has 3 N–H and O–H groups in total. The molecule has 24 heavy (non-hydrogen) atoms. The molecule has 1 aliphatic heterocycles. The van der Waals surface area contributed by atoms with E-state index in [1.54, 1.807) is 25.1 Å². The topological polar surface area (TPSA) is 105 Å². The maximum atomic E-state index is 12.5. The van der Waals surface area contributed by atoms with Gasteiger partial charge in [-0.2, -0.15) is 0 Å². The van der Waals surface area contributed by atoms with Gasteiger partial charge in [-0.15, -0.1) is 11.8 Å². The van der Waals surface area contributed by atoms with Gasteiger partial charge in [0.25, 0.3) is 5.91 Å².